The van der Waals surface area contributed by atoms with Gasteiger partial charge in [0, 0.05) is 36.8 Å². The predicted molar refractivity (Wildman–Crippen MR) is 99.1 cm³/mol. The van der Waals surface area contributed by atoms with Crippen LogP contribution in [0.5, 0.6) is 0 Å². The van der Waals surface area contributed by atoms with Gasteiger partial charge < -0.3 is 9.64 Å². The number of nitrogens with zero attached hydrogens (tertiary/aromatic N) is 3. The van der Waals surface area contributed by atoms with E-state index >= 15 is 0 Å². The van der Waals surface area contributed by atoms with Crippen LogP contribution in [0, 0.1) is 0 Å². The lowest BCUT2D eigenvalue weighted by molar-refractivity contribution is 0.0534. The Morgan fingerprint density at radius 2 is 2.24 bits per heavy atom. The van der Waals surface area contributed by atoms with Crippen molar-refractivity contribution in [3.63, 3.8) is 0 Å². The molecular weight excluding hydrogens is 334 g/mol. The van der Waals surface area contributed by atoms with Crippen molar-refractivity contribution in [1.29, 1.82) is 0 Å². The molecule has 1 amide bonds. The first kappa shape index (κ1) is 16.3. The third-order valence-electron chi connectivity index (χ3n) is 4.61. The molecule has 4 rings (SSSR count). The molecule has 3 aromatic rings. The largest absolute Gasteiger partial charge is 0.376 e. The lowest BCUT2D eigenvalue weighted by Crippen LogP contribution is -2.37. The zero-order valence-corrected chi connectivity index (χ0v) is 15.0. The van der Waals surface area contributed by atoms with Crippen LogP contribution in [0.3, 0.4) is 0 Å². The monoisotopic (exact) mass is 355 g/mol. The highest BCUT2D eigenvalue weighted by Crippen LogP contribution is 2.24. The summed E-state index contributed by atoms with van der Waals surface area (Å²) < 4.78 is 7.60. The quantitative estimate of drug-likeness (QED) is 0.701. The van der Waals surface area contributed by atoms with Gasteiger partial charge in [-0.15, -0.1) is 11.3 Å². The average molecular weight is 355 g/mol. The summed E-state index contributed by atoms with van der Waals surface area (Å²) in [6.07, 6.45) is 4.24. The average Bonchev–Trinajstić information content (AvgIpc) is 3.36. The number of amides is 1. The minimum atomic E-state index is 0.0428. The van der Waals surface area contributed by atoms with E-state index in [0.717, 1.165) is 35.7 Å². The second kappa shape index (κ2) is 6.98. The Bertz CT molecular complexity index is 865. The number of hydrogen-bond donors (Lipinski definition) is 0. The molecule has 0 radical (unpaired) electrons. The number of thiazole rings is 1. The van der Waals surface area contributed by atoms with Crippen molar-refractivity contribution in [3.8, 4) is 11.3 Å². The fourth-order valence-electron chi connectivity index (χ4n) is 3.24. The van der Waals surface area contributed by atoms with E-state index in [1.54, 1.807) is 0 Å². The van der Waals surface area contributed by atoms with Gasteiger partial charge in [0.05, 0.1) is 11.8 Å². The van der Waals surface area contributed by atoms with Gasteiger partial charge in [-0.1, -0.05) is 30.3 Å². The molecule has 6 heteroatoms. The van der Waals surface area contributed by atoms with Crippen LogP contribution in [-0.2, 0) is 4.74 Å². The van der Waals surface area contributed by atoms with E-state index in [2.05, 4.69) is 4.98 Å². The van der Waals surface area contributed by atoms with E-state index < -0.39 is 0 Å². The summed E-state index contributed by atoms with van der Waals surface area (Å²) in [4.78, 5) is 20.4. The molecule has 2 aromatic heterocycles. The number of imidazole rings is 1. The number of hydrogen-bond acceptors (Lipinski definition) is 4. The molecule has 0 spiro atoms. The van der Waals surface area contributed by atoms with Crippen LogP contribution in [0.1, 0.15) is 30.3 Å². The Labute approximate surface area is 150 Å². The molecule has 0 unspecified atom stereocenters. The number of fused-ring (bicyclic) bond motifs is 1. The van der Waals surface area contributed by atoms with Crippen molar-refractivity contribution < 1.29 is 9.53 Å². The highest BCUT2D eigenvalue weighted by Gasteiger charge is 2.24. The lowest BCUT2D eigenvalue weighted by atomic mass is 10.2. The maximum atomic E-state index is 13.0. The fraction of sp³-hybridized carbons (Fsp3) is 0.368. The van der Waals surface area contributed by atoms with Gasteiger partial charge in [0.25, 0.3) is 5.91 Å². The predicted octanol–water partition coefficient (Wildman–Crippen LogP) is 3.70. The summed E-state index contributed by atoms with van der Waals surface area (Å²) >= 11 is 1.50. The smallest absolute Gasteiger partial charge is 0.271 e. The summed E-state index contributed by atoms with van der Waals surface area (Å²) in [5.74, 6) is 0.0428. The van der Waals surface area contributed by atoms with Crippen LogP contribution >= 0.6 is 11.3 Å². The van der Waals surface area contributed by atoms with Gasteiger partial charge in [0.15, 0.2) is 4.96 Å². The molecule has 0 bridgehead atoms. The molecule has 1 aromatic carbocycles. The maximum Gasteiger partial charge on any atom is 0.271 e. The number of carbonyl (C=O) groups excluding carboxylic acids is 1. The lowest BCUT2D eigenvalue weighted by Gasteiger charge is -2.23. The molecule has 5 nitrogen and oxygen atoms in total. The third-order valence-corrected chi connectivity index (χ3v) is 5.45. The highest BCUT2D eigenvalue weighted by atomic mass is 32.1. The number of carbonyl (C=O) groups is 1. The number of aromatic nitrogens is 2. The first-order valence-corrected chi connectivity index (χ1v) is 9.57. The topological polar surface area (TPSA) is 46.8 Å². The molecule has 0 aliphatic carbocycles. The van der Waals surface area contributed by atoms with Gasteiger partial charge in [0.2, 0.25) is 0 Å². The maximum absolute atomic E-state index is 13.0. The first-order chi connectivity index (χ1) is 12.3. The second-order valence-electron chi connectivity index (χ2n) is 6.24. The van der Waals surface area contributed by atoms with Crippen LogP contribution in [0.25, 0.3) is 16.2 Å². The zero-order valence-electron chi connectivity index (χ0n) is 14.2. The van der Waals surface area contributed by atoms with E-state index in [1.165, 1.54) is 11.3 Å². The Kier molecular flexibility index (Phi) is 4.55. The minimum Gasteiger partial charge on any atom is -0.376 e. The molecule has 25 heavy (non-hydrogen) atoms. The van der Waals surface area contributed by atoms with Crippen molar-refractivity contribution in [2.75, 3.05) is 19.7 Å². The summed E-state index contributed by atoms with van der Waals surface area (Å²) in [6, 6.07) is 10.0. The summed E-state index contributed by atoms with van der Waals surface area (Å²) in [5, 5.41) is 1.90. The van der Waals surface area contributed by atoms with Crippen molar-refractivity contribution in [1.82, 2.24) is 14.3 Å². The van der Waals surface area contributed by atoms with E-state index in [9.17, 15) is 4.79 Å². The minimum absolute atomic E-state index is 0.0428. The Balaban J connectivity index is 1.61. The summed E-state index contributed by atoms with van der Waals surface area (Å²) in [5.41, 5.74) is 2.63. The van der Waals surface area contributed by atoms with Crippen molar-refractivity contribution in [3.05, 3.63) is 47.6 Å². The molecule has 1 atom stereocenters. The Morgan fingerprint density at radius 3 is 2.96 bits per heavy atom. The molecule has 1 aliphatic heterocycles. The highest BCUT2D eigenvalue weighted by molar-refractivity contribution is 7.15. The zero-order chi connectivity index (χ0) is 17.2. The van der Waals surface area contributed by atoms with Crippen LogP contribution in [0.4, 0.5) is 0 Å². The van der Waals surface area contributed by atoms with Crippen molar-refractivity contribution in [2.45, 2.75) is 25.9 Å². The second-order valence-corrected chi connectivity index (χ2v) is 7.08. The van der Waals surface area contributed by atoms with Crippen LogP contribution in [0.15, 0.2) is 41.9 Å². The van der Waals surface area contributed by atoms with Gasteiger partial charge in [-0.25, -0.2) is 4.98 Å². The van der Waals surface area contributed by atoms with Crippen LogP contribution in [-0.4, -0.2) is 46.0 Å². The Morgan fingerprint density at radius 1 is 1.40 bits per heavy atom. The third kappa shape index (κ3) is 3.19. The molecular formula is C19H21N3O2S. The number of rotatable bonds is 5. The number of ether oxygens (including phenoxy) is 1. The van der Waals surface area contributed by atoms with Gasteiger partial charge >= 0.3 is 0 Å². The molecule has 0 saturated carbocycles. The van der Waals surface area contributed by atoms with Crippen molar-refractivity contribution in [2.24, 2.45) is 0 Å². The van der Waals surface area contributed by atoms with Gasteiger partial charge in [-0.3, -0.25) is 9.20 Å². The first-order valence-electron chi connectivity index (χ1n) is 8.69. The molecule has 0 N–H and O–H groups in total. The fourth-order valence-corrected chi connectivity index (χ4v) is 4.08. The molecule has 1 fully saturated rings. The van der Waals surface area contributed by atoms with Crippen LogP contribution in [0.2, 0.25) is 0 Å². The van der Waals surface area contributed by atoms with E-state index in [1.807, 2.05) is 58.1 Å². The molecule has 130 valence electrons. The van der Waals surface area contributed by atoms with E-state index in [4.69, 9.17) is 4.74 Å². The molecule has 3 heterocycles. The summed E-state index contributed by atoms with van der Waals surface area (Å²) in [6.45, 7) is 4.16. The van der Waals surface area contributed by atoms with Crippen molar-refractivity contribution >= 4 is 22.2 Å². The summed E-state index contributed by atoms with van der Waals surface area (Å²) in [7, 11) is 0. The standard InChI is InChI=1S/C19H21N3O2S/c1-2-21(11-15-9-6-10-24-15)18(23)17-13-25-19-20-16(12-22(17)19)14-7-4-3-5-8-14/h3-5,7-8,12-13,15H,2,6,9-11H2,1H3/t15-/m1/s1. The normalized spacial score (nSPS) is 17.2. The molecule has 1 saturated heterocycles. The number of benzene rings is 1. The van der Waals surface area contributed by atoms with Gasteiger partial charge in [0.1, 0.15) is 5.69 Å². The van der Waals surface area contributed by atoms with Gasteiger partial charge in [-0.2, -0.15) is 0 Å². The molecule has 1 aliphatic rings. The Hall–Kier alpha value is -2.18. The van der Waals surface area contributed by atoms with Crippen LogP contribution < -0.4 is 0 Å². The van der Waals surface area contributed by atoms with E-state index in [-0.39, 0.29) is 12.0 Å². The SMILES string of the molecule is CCN(C[C@H]1CCCO1)C(=O)c1csc2nc(-c3ccccc3)cn12. The number of likely N-dealkylation sites (N-methyl/N-ethyl adjacent to an activating group) is 1. The van der Waals surface area contributed by atoms with Gasteiger partial charge in [-0.05, 0) is 19.8 Å². The van der Waals surface area contributed by atoms with E-state index in [0.29, 0.717) is 18.8 Å².